The number of anilines is 1. The minimum atomic E-state index is 0.410. The Morgan fingerprint density at radius 1 is 1.31 bits per heavy atom. The van der Waals surface area contributed by atoms with Gasteiger partial charge in [0.2, 0.25) is 0 Å². The van der Waals surface area contributed by atoms with Gasteiger partial charge in [-0.3, -0.25) is 0 Å². The fourth-order valence-corrected chi connectivity index (χ4v) is 1.50. The molecule has 0 saturated carbocycles. The summed E-state index contributed by atoms with van der Waals surface area (Å²) in [6.07, 6.45) is 3.64. The summed E-state index contributed by atoms with van der Waals surface area (Å²) in [5.41, 5.74) is 8.72. The van der Waals surface area contributed by atoms with Crippen LogP contribution in [0.5, 0.6) is 0 Å². The quantitative estimate of drug-likeness (QED) is 0.837. The number of hydrogen-bond acceptors (Lipinski definition) is 3. The van der Waals surface area contributed by atoms with Crippen LogP contribution in [0.3, 0.4) is 0 Å². The van der Waals surface area contributed by atoms with E-state index in [-0.39, 0.29) is 0 Å². The van der Waals surface area contributed by atoms with Gasteiger partial charge in [0.1, 0.15) is 0 Å². The van der Waals surface area contributed by atoms with Gasteiger partial charge in [0.25, 0.3) is 0 Å². The monoisotopic (exact) mass is 216 g/mol. The summed E-state index contributed by atoms with van der Waals surface area (Å²) in [6, 6.07) is 3.89. The predicted molar refractivity (Wildman–Crippen MR) is 64.6 cm³/mol. The van der Waals surface area contributed by atoms with Gasteiger partial charge in [0, 0.05) is 12.4 Å². The lowest BCUT2D eigenvalue weighted by Gasteiger charge is -2.06. The Labute approximate surface area is 95.1 Å². The van der Waals surface area contributed by atoms with E-state index in [4.69, 9.17) is 5.73 Å². The third-order valence-corrected chi connectivity index (χ3v) is 2.61. The molecule has 0 radical (unpaired) electrons. The maximum atomic E-state index is 5.98. The third kappa shape index (κ3) is 1.78. The van der Waals surface area contributed by atoms with Crippen molar-refractivity contribution >= 4 is 5.69 Å². The van der Waals surface area contributed by atoms with Gasteiger partial charge in [-0.05, 0) is 30.5 Å². The molecule has 0 aliphatic heterocycles. The Kier molecular flexibility index (Phi) is 2.64. The lowest BCUT2D eigenvalue weighted by atomic mass is 10.1. The van der Waals surface area contributed by atoms with E-state index in [2.05, 4.69) is 23.9 Å². The van der Waals surface area contributed by atoms with Crippen LogP contribution in [0.4, 0.5) is 5.69 Å². The minimum absolute atomic E-state index is 0.410. The Hall–Kier alpha value is -1.84. The maximum absolute atomic E-state index is 5.98. The van der Waals surface area contributed by atoms with E-state index < -0.39 is 0 Å². The highest BCUT2D eigenvalue weighted by atomic mass is 15.3. The molecule has 0 atom stereocenters. The molecule has 0 fully saturated rings. The van der Waals surface area contributed by atoms with Crippen LogP contribution < -0.4 is 5.73 Å². The summed E-state index contributed by atoms with van der Waals surface area (Å²) in [5.74, 6) is 1.11. The molecule has 2 aromatic rings. The zero-order valence-electron chi connectivity index (χ0n) is 9.81. The highest BCUT2D eigenvalue weighted by Gasteiger charge is 2.09. The molecule has 0 saturated heterocycles. The highest BCUT2D eigenvalue weighted by molar-refractivity contribution is 5.57. The zero-order chi connectivity index (χ0) is 11.7. The van der Waals surface area contributed by atoms with Crippen molar-refractivity contribution in [2.75, 3.05) is 5.73 Å². The first-order valence-electron chi connectivity index (χ1n) is 5.36. The second-order valence-electron chi connectivity index (χ2n) is 4.21. The summed E-state index contributed by atoms with van der Waals surface area (Å²) >= 11 is 0. The molecule has 0 aromatic carbocycles. The average Bonchev–Trinajstić information content (AvgIpc) is 2.71. The normalized spacial score (nSPS) is 11.0. The van der Waals surface area contributed by atoms with Crippen LogP contribution in [0.2, 0.25) is 0 Å². The van der Waals surface area contributed by atoms with Crippen LogP contribution in [0.15, 0.2) is 24.5 Å². The van der Waals surface area contributed by atoms with Crippen LogP contribution in [-0.4, -0.2) is 14.8 Å². The van der Waals surface area contributed by atoms with Gasteiger partial charge in [-0.15, -0.1) is 0 Å². The summed E-state index contributed by atoms with van der Waals surface area (Å²) in [4.78, 5) is 4.26. The molecule has 2 N–H and O–H groups in total. The third-order valence-electron chi connectivity index (χ3n) is 2.61. The Morgan fingerprint density at radius 3 is 2.69 bits per heavy atom. The number of nitrogens with zero attached hydrogens (tertiary/aromatic N) is 3. The molecule has 0 aliphatic rings. The molecule has 2 aromatic heterocycles. The van der Waals surface area contributed by atoms with Crippen molar-refractivity contribution in [3.63, 3.8) is 0 Å². The van der Waals surface area contributed by atoms with Gasteiger partial charge in [-0.2, -0.15) is 5.10 Å². The largest absolute Gasteiger partial charge is 0.395 e. The van der Waals surface area contributed by atoms with Crippen molar-refractivity contribution in [2.24, 2.45) is 0 Å². The molecule has 0 aliphatic carbocycles. The van der Waals surface area contributed by atoms with Gasteiger partial charge in [0.15, 0.2) is 5.82 Å². The fraction of sp³-hybridized carbons (Fsp3) is 0.333. The molecule has 0 spiro atoms. The predicted octanol–water partition coefficient (Wildman–Crippen LogP) is 2.28. The number of aromatic nitrogens is 3. The molecular weight excluding hydrogens is 200 g/mol. The first-order valence-corrected chi connectivity index (χ1v) is 5.36. The molecule has 0 unspecified atom stereocenters. The van der Waals surface area contributed by atoms with Crippen molar-refractivity contribution in [3.8, 4) is 5.82 Å². The fourth-order valence-electron chi connectivity index (χ4n) is 1.50. The van der Waals surface area contributed by atoms with Crippen molar-refractivity contribution in [1.29, 1.82) is 0 Å². The van der Waals surface area contributed by atoms with Gasteiger partial charge in [-0.1, -0.05) is 13.8 Å². The first kappa shape index (κ1) is 10.7. The highest BCUT2D eigenvalue weighted by Crippen LogP contribution is 2.19. The summed E-state index contributed by atoms with van der Waals surface area (Å²) in [5, 5.41) is 4.46. The summed E-state index contributed by atoms with van der Waals surface area (Å²) in [6.45, 7) is 6.19. The lowest BCUT2D eigenvalue weighted by molar-refractivity contribution is 0.758. The number of nitrogens with two attached hydrogens (primary N) is 1. The first-order chi connectivity index (χ1) is 7.59. The second-order valence-corrected chi connectivity index (χ2v) is 4.21. The summed E-state index contributed by atoms with van der Waals surface area (Å²) in [7, 11) is 0. The zero-order valence-corrected chi connectivity index (χ0v) is 9.81. The molecule has 4 heteroatoms. The van der Waals surface area contributed by atoms with E-state index in [1.807, 2.05) is 25.3 Å². The molecular formula is C12H16N4. The molecule has 0 amide bonds. The second kappa shape index (κ2) is 3.96. The molecule has 16 heavy (non-hydrogen) atoms. The van der Waals surface area contributed by atoms with Gasteiger partial charge < -0.3 is 5.73 Å². The van der Waals surface area contributed by atoms with Crippen LogP contribution in [0.1, 0.15) is 31.0 Å². The molecule has 4 nitrogen and oxygen atoms in total. The van der Waals surface area contributed by atoms with E-state index in [1.165, 1.54) is 0 Å². The van der Waals surface area contributed by atoms with Crippen molar-refractivity contribution in [2.45, 2.75) is 26.7 Å². The number of hydrogen-bond donors (Lipinski definition) is 1. The maximum Gasteiger partial charge on any atom is 0.176 e. The van der Waals surface area contributed by atoms with Gasteiger partial charge in [-0.25, -0.2) is 9.67 Å². The Bertz CT molecular complexity index is 499. The van der Waals surface area contributed by atoms with E-state index in [0.29, 0.717) is 17.4 Å². The van der Waals surface area contributed by atoms with Crippen LogP contribution >= 0.6 is 0 Å². The summed E-state index contributed by atoms with van der Waals surface area (Å²) < 4.78 is 1.73. The SMILES string of the molecule is Cc1ccnc(-n2ccc(C(C)C)n2)c1N. The number of aryl methyl sites for hydroxylation is 1. The van der Waals surface area contributed by atoms with E-state index in [0.717, 1.165) is 11.3 Å². The lowest BCUT2D eigenvalue weighted by Crippen LogP contribution is -2.05. The van der Waals surface area contributed by atoms with Crippen molar-refractivity contribution in [1.82, 2.24) is 14.8 Å². The van der Waals surface area contributed by atoms with Crippen LogP contribution in [0, 0.1) is 6.92 Å². The standard InChI is InChI=1S/C12H16N4/c1-8(2)10-5-7-16(15-10)12-11(13)9(3)4-6-14-12/h4-8H,13H2,1-3H3. The topological polar surface area (TPSA) is 56.7 Å². The van der Waals surface area contributed by atoms with Crippen LogP contribution in [0.25, 0.3) is 5.82 Å². The van der Waals surface area contributed by atoms with Crippen LogP contribution in [-0.2, 0) is 0 Å². The molecule has 84 valence electrons. The Morgan fingerprint density at radius 2 is 2.06 bits per heavy atom. The smallest absolute Gasteiger partial charge is 0.176 e. The number of rotatable bonds is 2. The van der Waals surface area contributed by atoms with E-state index in [1.54, 1.807) is 10.9 Å². The molecule has 2 rings (SSSR count). The van der Waals surface area contributed by atoms with Crippen molar-refractivity contribution in [3.05, 3.63) is 35.8 Å². The molecule has 0 bridgehead atoms. The number of nitrogen functional groups attached to an aromatic ring is 1. The average molecular weight is 216 g/mol. The minimum Gasteiger partial charge on any atom is -0.395 e. The van der Waals surface area contributed by atoms with Gasteiger partial charge in [0.05, 0.1) is 11.4 Å². The molecule has 2 heterocycles. The van der Waals surface area contributed by atoms with Gasteiger partial charge >= 0.3 is 0 Å². The van der Waals surface area contributed by atoms with Crippen molar-refractivity contribution < 1.29 is 0 Å². The van der Waals surface area contributed by atoms with E-state index in [9.17, 15) is 0 Å². The number of pyridine rings is 1. The Balaban J connectivity index is 2.47. The van der Waals surface area contributed by atoms with E-state index >= 15 is 0 Å².